The molecule has 3 aliphatic rings. The van der Waals surface area contributed by atoms with Gasteiger partial charge in [0.1, 0.15) is 11.6 Å². The summed E-state index contributed by atoms with van der Waals surface area (Å²) < 4.78 is 2.42. The Hall–Kier alpha value is -2.21. The lowest BCUT2D eigenvalue weighted by molar-refractivity contribution is -0.117. The number of carbonyl (C=O) groups excluding carboxylic acids is 1. The van der Waals surface area contributed by atoms with Crippen molar-refractivity contribution in [1.82, 2.24) is 19.7 Å². The van der Waals surface area contributed by atoms with E-state index in [1.54, 1.807) is 0 Å². The zero-order valence-electron chi connectivity index (χ0n) is 17.2. The molecule has 2 saturated heterocycles. The number of hydrogen-bond acceptors (Lipinski definition) is 4. The minimum absolute atomic E-state index is 0.266. The maximum absolute atomic E-state index is 12.5. The van der Waals surface area contributed by atoms with Crippen LogP contribution < -0.4 is 4.90 Å². The quantitative estimate of drug-likeness (QED) is 0.800. The molecule has 2 fully saturated rings. The van der Waals surface area contributed by atoms with Crippen LogP contribution in [-0.4, -0.2) is 51.8 Å². The van der Waals surface area contributed by atoms with Crippen LogP contribution in [0.2, 0.25) is 0 Å². The van der Waals surface area contributed by atoms with Gasteiger partial charge in [-0.3, -0.25) is 4.79 Å². The maximum Gasteiger partial charge on any atom is 0.227 e. The van der Waals surface area contributed by atoms with Crippen molar-refractivity contribution < 1.29 is 4.79 Å². The molecule has 0 saturated carbocycles. The molecule has 6 nitrogen and oxygen atoms in total. The number of aryl methyl sites for hydroxylation is 1. The Labute approximate surface area is 172 Å². The van der Waals surface area contributed by atoms with Crippen molar-refractivity contribution in [2.75, 3.05) is 31.1 Å². The molecule has 0 spiro atoms. The molecule has 5 rings (SSSR count). The third kappa shape index (κ3) is 3.95. The Morgan fingerprint density at radius 3 is 2.62 bits per heavy atom. The zero-order valence-corrected chi connectivity index (χ0v) is 17.2. The van der Waals surface area contributed by atoms with Gasteiger partial charge in [0.2, 0.25) is 5.91 Å². The molecular weight excluding hydrogens is 362 g/mol. The minimum atomic E-state index is 0.266. The average molecular weight is 394 g/mol. The van der Waals surface area contributed by atoms with Gasteiger partial charge in [-0.05, 0) is 56.8 Å². The number of fused-ring (bicyclic) bond motifs is 1. The lowest BCUT2D eigenvalue weighted by Crippen LogP contribution is -2.37. The number of likely N-dealkylation sites (tertiary alicyclic amines) is 1. The summed E-state index contributed by atoms with van der Waals surface area (Å²) in [6.45, 7) is 5.17. The van der Waals surface area contributed by atoms with Gasteiger partial charge in [-0.15, -0.1) is 10.2 Å². The minimum Gasteiger partial charge on any atom is -0.315 e. The molecule has 0 bridgehead atoms. The Kier molecular flexibility index (Phi) is 5.36. The number of aromatic nitrogens is 3. The smallest absolute Gasteiger partial charge is 0.227 e. The average Bonchev–Trinajstić information content (AvgIpc) is 3.24. The monoisotopic (exact) mass is 393 g/mol. The Morgan fingerprint density at radius 1 is 0.966 bits per heavy atom. The highest BCUT2D eigenvalue weighted by Crippen LogP contribution is 2.31. The van der Waals surface area contributed by atoms with Gasteiger partial charge in [-0.25, -0.2) is 0 Å². The normalized spacial score (nSPS) is 23.9. The first-order valence-electron chi connectivity index (χ1n) is 11.3. The van der Waals surface area contributed by atoms with Gasteiger partial charge in [-0.2, -0.15) is 0 Å². The molecule has 29 heavy (non-hydrogen) atoms. The molecule has 1 atom stereocenters. The highest BCUT2D eigenvalue weighted by atomic mass is 16.2. The molecule has 0 unspecified atom stereocenters. The van der Waals surface area contributed by atoms with Crippen LogP contribution in [0.25, 0.3) is 0 Å². The predicted octanol–water partition coefficient (Wildman–Crippen LogP) is 3.24. The van der Waals surface area contributed by atoms with E-state index in [9.17, 15) is 4.79 Å². The van der Waals surface area contributed by atoms with E-state index in [0.717, 1.165) is 57.7 Å². The van der Waals surface area contributed by atoms with Crippen molar-refractivity contribution in [3.63, 3.8) is 0 Å². The summed E-state index contributed by atoms with van der Waals surface area (Å²) in [7, 11) is 0. The summed E-state index contributed by atoms with van der Waals surface area (Å²) in [6, 6.07) is 10.1. The van der Waals surface area contributed by atoms with E-state index in [2.05, 4.69) is 19.7 Å². The number of nitrogens with zero attached hydrogens (tertiary/aromatic N) is 5. The molecule has 1 amide bonds. The molecule has 4 heterocycles. The summed E-state index contributed by atoms with van der Waals surface area (Å²) in [6.07, 6.45) is 7.87. The summed E-state index contributed by atoms with van der Waals surface area (Å²) in [5.74, 6) is 3.67. The van der Waals surface area contributed by atoms with Crippen LogP contribution in [0.15, 0.2) is 30.3 Å². The second-order valence-electron chi connectivity index (χ2n) is 8.92. The van der Waals surface area contributed by atoms with Crippen molar-refractivity contribution in [3.8, 4) is 0 Å². The van der Waals surface area contributed by atoms with E-state index in [-0.39, 0.29) is 5.91 Å². The van der Waals surface area contributed by atoms with Gasteiger partial charge in [0.05, 0.1) is 0 Å². The first-order chi connectivity index (χ1) is 14.3. The van der Waals surface area contributed by atoms with Crippen molar-refractivity contribution in [3.05, 3.63) is 42.0 Å². The third-order valence-electron chi connectivity index (χ3n) is 6.88. The molecule has 6 heteroatoms. The molecule has 2 aromatic rings. The summed E-state index contributed by atoms with van der Waals surface area (Å²) in [4.78, 5) is 17.0. The van der Waals surface area contributed by atoms with Gasteiger partial charge in [-0.1, -0.05) is 24.6 Å². The number of para-hydroxylation sites is 1. The molecule has 1 aromatic carbocycles. The molecule has 3 aliphatic heterocycles. The number of hydrogen-bond donors (Lipinski definition) is 0. The van der Waals surface area contributed by atoms with Crippen LogP contribution in [0.5, 0.6) is 0 Å². The summed E-state index contributed by atoms with van der Waals surface area (Å²) in [5.41, 5.74) is 1.03. The van der Waals surface area contributed by atoms with E-state index < -0.39 is 0 Å². The number of rotatable bonds is 4. The third-order valence-corrected chi connectivity index (χ3v) is 6.88. The predicted molar refractivity (Wildman–Crippen MR) is 113 cm³/mol. The van der Waals surface area contributed by atoms with Gasteiger partial charge >= 0.3 is 0 Å². The van der Waals surface area contributed by atoms with Crippen LogP contribution in [-0.2, 0) is 17.8 Å². The number of carbonyl (C=O) groups is 1. The fourth-order valence-electron chi connectivity index (χ4n) is 5.31. The van der Waals surface area contributed by atoms with Crippen molar-refractivity contribution in [2.24, 2.45) is 5.92 Å². The highest BCUT2D eigenvalue weighted by molar-refractivity contribution is 5.95. The summed E-state index contributed by atoms with van der Waals surface area (Å²) in [5, 5.41) is 9.08. The van der Waals surface area contributed by atoms with Crippen LogP contribution in [0.4, 0.5) is 5.69 Å². The maximum atomic E-state index is 12.5. The van der Waals surface area contributed by atoms with Crippen LogP contribution >= 0.6 is 0 Å². The van der Waals surface area contributed by atoms with Crippen LogP contribution in [0, 0.1) is 5.92 Å². The Balaban J connectivity index is 1.16. The second kappa shape index (κ2) is 8.27. The second-order valence-corrected chi connectivity index (χ2v) is 8.92. The van der Waals surface area contributed by atoms with E-state index in [1.807, 2.05) is 35.2 Å². The summed E-state index contributed by atoms with van der Waals surface area (Å²) >= 11 is 0. The molecule has 0 radical (unpaired) electrons. The van der Waals surface area contributed by atoms with E-state index >= 15 is 0 Å². The van der Waals surface area contributed by atoms with E-state index in [4.69, 9.17) is 0 Å². The number of benzene rings is 1. The van der Waals surface area contributed by atoms with Gasteiger partial charge < -0.3 is 14.4 Å². The SMILES string of the molecule is O=C1C[C@@H](CN2CCC(c3nnc4n3CCCCC4)CC2)CN1c1ccccc1. The topological polar surface area (TPSA) is 54.3 Å². The van der Waals surface area contributed by atoms with Crippen molar-refractivity contribution >= 4 is 11.6 Å². The first-order valence-corrected chi connectivity index (χ1v) is 11.3. The van der Waals surface area contributed by atoms with Crippen molar-refractivity contribution in [1.29, 1.82) is 0 Å². The molecule has 0 aliphatic carbocycles. The molecular formula is C23H31N5O. The lowest BCUT2D eigenvalue weighted by atomic mass is 9.94. The standard InChI is InChI=1S/C23H31N5O/c29-22-15-18(17-28(22)20-7-3-1-4-8-20)16-26-13-10-19(11-14-26)23-25-24-21-9-5-2-6-12-27(21)23/h1,3-4,7-8,18-19H,2,5-6,9-17H2/t18-/m0/s1. The number of anilines is 1. The molecule has 1 aromatic heterocycles. The lowest BCUT2D eigenvalue weighted by Gasteiger charge is -2.33. The van der Waals surface area contributed by atoms with Crippen LogP contribution in [0.3, 0.4) is 0 Å². The van der Waals surface area contributed by atoms with E-state index in [0.29, 0.717) is 18.3 Å². The number of amides is 1. The largest absolute Gasteiger partial charge is 0.315 e. The zero-order chi connectivity index (χ0) is 19.6. The highest BCUT2D eigenvalue weighted by Gasteiger charge is 2.33. The Morgan fingerprint density at radius 2 is 1.79 bits per heavy atom. The fourth-order valence-corrected chi connectivity index (χ4v) is 5.31. The van der Waals surface area contributed by atoms with Gasteiger partial charge in [0, 0.05) is 44.1 Å². The van der Waals surface area contributed by atoms with Gasteiger partial charge in [0.15, 0.2) is 0 Å². The Bertz CT molecular complexity index is 840. The van der Waals surface area contributed by atoms with Crippen molar-refractivity contribution in [2.45, 2.75) is 57.4 Å². The first kappa shape index (κ1) is 18.8. The number of piperidine rings is 1. The van der Waals surface area contributed by atoms with Crippen LogP contribution in [0.1, 0.15) is 56.1 Å². The van der Waals surface area contributed by atoms with Gasteiger partial charge in [0.25, 0.3) is 0 Å². The fraction of sp³-hybridized carbons (Fsp3) is 0.609. The molecule has 0 N–H and O–H groups in total. The molecule has 154 valence electrons. The van der Waals surface area contributed by atoms with E-state index in [1.165, 1.54) is 30.9 Å².